The van der Waals surface area contributed by atoms with Crippen LogP contribution in [0.4, 0.5) is 14.5 Å². The second-order valence-electron chi connectivity index (χ2n) is 13.9. The first-order valence-electron chi connectivity index (χ1n) is 15.6. The fraction of sp³-hybridized carbons (Fsp3) is 0.500. The molecule has 0 amide bonds. The third-order valence-electron chi connectivity index (χ3n) is 11.6. The Labute approximate surface area is 261 Å². The molecule has 0 aliphatic heterocycles. The number of rotatable bonds is 7. The number of Topliss-reactive ketones (excluding diaryl/α,β-unsaturated/α-hetero) is 1. The van der Waals surface area contributed by atoms with Gasteiger partial charge in [0, 0.05) is 28.5 Å². The van der Waals surface area contributed by atoms with Gasteiger partial charge in [0.25, 0.3) is 0 Å². The van der Waals surface area contributed by atoms with Crippen LogP contribution in [-0.2, 0) is 14.3 Å². The van der Waals surface area contributed by atoms with Crippen molar-refractivity contribution < 1.29 is 38.4 Å². The highest BCUT2D eigenvalue weighted by Crippen LogP contribution is 2.69. The number of allylic oxidation sites excluding steroid dienone is 4. The van der Waals surface area contributed by atoms with Crippen LogP contribution < -0.4 is 5.73 Å². The van der Waals surface area contributed by atoms with Crippen molar-refractivity contribution in [2.24, 2.45) is 28.6 Å². The number of carbonyl (C=O) groups is 2. The molecule has 3 saturated carbocycles. The van der Waals surface area contributed by atoms with Crippen LogP contribution in [0.5, 0.6) is 0 Å². The Morgan fingerprint density at radius 2 is 1.78 bits per heavy atom. The lowest BCUT2D eigenvalue weighted by Gasteiger charge is -2.62. The molecule has 0 radical (unpaired) electrons. The van der Waals surface area contributed by atoms with Crippen LogP contribution in [0.1, 0.15) is 68.9 Å². The highest BCUT2D eigenvalue weighted by molar-refractivity contribution is 6.01. The maximum absolute atomic E-state index is 17.5. The molecule has 4 aliphatic carbocycles. The van der Waals surface area contributed by atoms with Gasteiger partial charge in [-0.3, -0.25) is 9.59 Å². The van der Waals surface area contributed by atoms with Gasteiger partial charge in [0.2, 0.25) is 0 Å². The zero-order valence-corrected chi connectivity index (χ0v) is 25.7. The first-order valence-corrected chi connectivity index (χ1v) is 15.6. The molecule has 7 nitrogen and oxygen atoms in total. The Kier molecular flexibility index (Phi) is 7.92. The number of nitrogens with two attached hydrogens (primary N) is 1. The number of benzene rings is 2. The van der Waals surface area contributed by atoms with Gasteiger partial charge in [-0.25, -0.2) is 8.78 Å². The molecule has 0 spiro atoms. The Balaban J connectivity index is 1.28. The first-order chi connectivity index (χ1) is 21.2. The number of anilines is 1. The van der Waals surface area contributed by atoms with E-state index in [1.54, 1.807) is 19.1 Å². The van der Waals surface area contributed by atoms with E-state index >= 15 is 8.78 Å². The van der Waals surface area contributed by atoms with Crippen molar-refractivity contribution in [3.05, 3.63) is 89.0 Å². The van der Waals surface area contributed by atoms with Gasteiger partial charge in [0.05, 0.1) is 18.1 Å². The van der Waals surface area contributed by atoms with Crippen LogP contribution in [0, 0.1) is 28.6 Å². The van der Waals surface area contributed by atoms with E-state index in [0.29, 0.717) is 11.3 Å². The number of halogens is 2. The van der Waals surface area contributed by atoms with Gasteiger partial charge < -0.3 is 25.8 Å². The molecule has 11 atom stereocenters. The number of ketones is 2. The molecule has 0 heterocycles. The van der Waals surface area contributed by atoms with Gasteiger partial charge in [-0.2, -0.15) is 0 Å². The van der Waals surface area contributed by atoms with Gasteiger partial charge >= 0.3 is 0 Å². The van der Waals surface area contributed by atoms with Crippen LogP contribution in [0.3, 0.4) is 0 Å². The Morgan fingerprint density at radius 3 is 2.44 bits per heavy atom. The van der Waals surface area contributed by atoms with Crippen LogP contribution in [0.25, 0.3) is 0 Å². The summed E-state index contributed by atoms with van der Waals surface area (Å²) in [6.45, 7) is 4.55. The topological polar surface area (TPSA) is 130 Å². The molecule has 9 heteroatoms. The predicted molar refractivity (Wildman–Crippen MR) is 164 cm³/mol. The maximum Gasteiger partial charge on any atom is 0.181 e. The number of hydrogen-bond donors (Lipinski definition) is 4. The number of nitrogen functional groups attached to an aromatic ring is 1. The zero-order chi connectivity index (χ0) is 32.5. The van der Waals surface area contributed by atoms with E-state index in [-0.39, 0.29) is 30.8 Å². The van der Waals surface area contributed by atoms with Crippen molar-refractivity contribution in [2.75, 3.05) is 12.3 Å². The molecule has 0 bridgehead atoms. The molecule has 240 valence electrons. The minimum atomic E-state index is -2.31. The molecular formula is C36H41F2NO6. The van der Waals surface area contributed by atoms with E-state index in [1.165, 1.54) is 19.1 Å². The molecule has 2 aromatic carbocycles. The van der Waals surface area contributed by atoms with E-state index in [1.807, 2.05) is 36.4 Å². The van der Waals surface area contributed by atoms with Crippen molar-refractivity contribution in [2.45, 2.75) is 76.3 Å². The molecular weight excluding hydrogens is 580 g/mol. The monoisotopic (exact) mass is 621 g/mol. The number of aliphatic hydroxyl groups is 3. The summed E-state index contributed by atoms with van der Waals surface area (Å²) in [6, 6.07) is 14.9. The van der Waals surface area contributed by atoms with Crippen LogP contribution >= 0.6 is 0 Å². The Hall–Kier alpha value is -3.24. The lowest BCUT2D eigenvalue weighted by atomic mass is 9.45. The number of ether oxygens (including phenoxy) is 1. The van der Waals surface area contributed by atoms with Crippen molar-refractivity contribution in [3.63, 3.8) is 0 Å². The highest BCUT2D eigenvalue weighted by atomic mass is 19.1. The van der Waals surface area contributed by atoms with Gasteiger partial charge in [-0.1, -0.05) is 56.3 Å². The molecule has 6 rings (SSSR count). The first kappa shape index (κ1) is 31.7. The minimum Gasteiger partial charge on any atom is -0.399 e. The van der Waals surface area contributed by atoms with Gasteiger partial charge in [-0.05, 0) is 78.5 Å². The van der Waals surface area contributed by atoms with Crippen molar-refractivity contribution >= 4 is 17.3 Å². The lowest BCUT2D eigenvalue weighted by Crippen LogP contribution is -2.68. The fourth-order valence-electron chi connectivity index (χ4n) is 9.22. The second-order valence-corrected chi connectivity index (χ2v) is 13.9. The molecule has 0 saturated heterocycles. The zero-order valence-electron chi connectivity index (χ0n) is 25.7. The lowest BCUT2D eigenvalue weighted by molar-refractivity contribution is -0.203. The molecule has 45 heavy (non-hydrogen) atoms. The number of aliphatic hydroxyl groups excluding tert-OH is 3. The number of fused-ring (bicyclic) bond motifs is 5. The van der Waals surface area contributed by atoms with Gasteiger partial charge in [0.1, 0.15) is 12.8 Å². The van der Waals surface area contributed by atoms with Crippen molar-refractivity contribution in [1.82, 2.24) is 0 Å². The van der Waals surface area contributed by atoms with Crippen molar-refractivity contribution in [3.8, 4) is 0 Å². The van der Waals surface area contributed by atoms with Gasteiger partial charge in [-0.15, -0.1) is 0 Å². The SMILES string of the molecule is CC(c1ccc([C@@H](O)O[C@@H]2CC3C4C[C@H](F)C5=CC(=O)C=CC5(C)[C@@]4(F)C(O)CC3(C)C2C(=O)CO)cc1)c1cccc(N)c1. The summed E-state index contributed by atoms with van der Waals surface area (Å²) in [4.78, 5) is 25.4. The van der Waals surface area contributed by atoms with Crippen LogP contribution in [-0.4, -0.2) is 57.5 Å². The summed E-state index contributed by atoms with van der Waals surface area (Å²) in [5.41, 5.74) is 4.24. The summed E-state index contributed by atoms with van der Waals surface area (Å²) < 4.78 is 39.4. The summed E-state index contributed by atoms with van der Waals surface area (Å²) in [6.07, 6.45) is -2.07. The number of alkyl halides is 2. The van der Waals surface area contributed by atoms with Crippen LogP contribution in [0.15, 0.2) is 72.3 Å². The molecule has 7 unspecified atom stereocenters. The smallest absolute Gasteiger partial charge is 0.181 e. The van der Waals surface area contributed by atoms with E-state index in [0.717, 1.165) is 17.2 Å². The number of carbonyl (C=O) groups excluding carboxylic acids is 2. The summed E-state index contributed by atoms with van der Waals surface area (Å²) >= 11 is 0. The minimum absolute atomic E-state index is 0.0223. The third-order valence-corrected chi connectivity index (χ3v) is 11.6. The van der Waals surface area contributed by atoms with Crippen LogP contribution in [0.2, 0.25) is 0 Å². The fourth-order valence-corrected chi connectivity index (χ4v) is 9.22. The van der Waals surface area contributed by atoms with E-state index in [2.05, 4.69) is 6.92 Å². The summed E-state index contributed by atoms with van der Waals surface area (Å²) in [7, 11) is 0. The maximum atomic E-state index is 17.5. The summed E-state index contributed by atoms with van der Waals surface area (Å²) in [5.74, 6) is -3.49. The largest absolute Gasteiger partial charge is 0.399 e. The normalized spacial score (nSPS) is 38.5. The average molecular weight is 622 g/mol. The van der Waals surface area contributed by atoms with Gasteiger partial charge in [0.15, 0.2) is 23.5 Å². The quantitative estimate of drug-likeness (QED) is 0.256. The summed E-state index contributed by atoms with van der Waals surface area (Å²) in [5, 5.41) is 32.7. The molecule has 5 N–H and O–H groups in total. The molecule has 4 aliphatic rings. The number of hydrogen-bond acceptors (Lipinski definition) is 7. The molecule has 2 aromatic rings. The third kappa shape index (κ3) is 4.82. The van der Waals surface area contributed by atoms with E-state index in [4.69, 9.17) is 10.5 Å². The highest BCUT2D eigenvalue weighted by Gasteiger charge is 2.73. The molecule has 0 aromatic heterocycles. The second kappa shape index (κ2) is 11.2. The standard InChI is InChI=1S/C36H41F2NO6/c1-19(22-5-4-6-23(39)13-22)20-7-9-21(10-8-20)33(44)45-30-16-25-26-15-28(37)27-14-24(41)11-12-35(27,3)36(26,38)31(43)17-34(25,2)32(30)29(42)18-40/h4-14,19,25-26,28,30-33,40,43-44H,15-18,39H2,1-3H3/t19?,25?,26?,28-,30+,31?,32?,33-,34?,35?,36-/m0/s1. The molecule has 3 fully saturated rings. The van der Waals surface area contributed by atoms with E-state index in [9.17, 15) is 24.9 Å². The average Bonchev–Trinajstić information content (AvgIpc) is 3.29. The predicted octanol–water partition coefficient (Wildman–Crippen LogP) is 4.90. The van der Waals surface area contributed by atoms with Crippen molar-refractivity contribution in [1.29, 1.82) is 0 Å². The van der Waals surface area contributed by atoms with E-state index < -0.39 is 77.1 Å². The Bertz CT molecular complexity index is 1560. The Morgan fingerprint density at radius 1 is 1.09 bits per heavy atom.